The highest BCUT2D eigenvalue weighted by molar-refractivity contribution is 7.90. The second kappa shape index (κ2) is 7.39. The van der Waals surface area contributed by atoms with Gasteiger partial charge in [-0.1, -0.05) is 23.7 Å². The van der Waals surface area contributed by atoms with Crippen LogP contribution >= 0.6 is 11.6 Å². The van der Waals surface area contributed by atoms with Gasteiger partial charge in [0.15, 0.2) is 15.5 Å². The molecule has 0 aliphatic rings. The molecule has 2 aromatic heterocycles. The summed E-state index contributed by atoms with van der Waals surface area (Å²) in [5.41, 5.74) is 0.991. The molecule has 2 heterocycles. The van der Waals surface area contributed by atoms with Crippen LogP contribution in [0, 0.1) is 0 Å². The summed E-state index contributed by atoms with van der Waals surface area (Å²) in [6.45, 7) is 0. The topological polar surface area (TPSA) is 127 Å². The number of anilines is 1. The van der Waals surface area contributed by atoms with Crippen LogP contribution in [0.2, 0.25) is 5.02 Å². The van der Waals surface area contributed by atoms with Crippen LogP contribution in [0.3, 0.4) is 0 Å². The Labute approximate surface area is 175 Å². The van der Waals surface area contributed by atoms with E-state index in [9.17, 15) is 18.0 Å². The first-order valence-corrected chi connectivity index (χ1v) is 10.8. The zero-order valence-corrected chi connectivity index (χ0v) is 17.0. The lowest BCUT2D eigenvalue weighted by molar-refractivity contribution is 0.102. The first-order valence-electron chi connectivity index (χ1n) is 8.57. The van der Waals surface area contributed by atoms with Crippen LogP contribution in [0.5, 0.6) is 0 Å². The third kappa shape index (κ3) is 3.58. The summed E-state index contributed by atoms with van der Waals surface area (Å²) in [5, 5.41) is 7.29. The molecule has 0 bridgehead atoms. The highest BCUT2D eigenvalue weighted by Crippen LogP contribution is 2.25. The standard InChI is InChI=1S/C19H14ClN5O4S/c1-30(28,29)16-8-11(6-7-13(16)20)18(26)24-14-4-2-3-5-15(14)25-17-12(9-23-25)19(27)22-10-21-17/h2-10H,1H3,(H,24,26)(H,21,22,27). The van der Waals surface area contributed by atoms with Crippen LogP contribution in [0.15, 0.2) is 64.7 Å². The zero-order valence-electron chi connectivity index (χ0n) is 15.5. The number of rotatable bonds is 4. The molecular weight excluding hydrogens is 430 g/mol. The summed E-state index contributed by atoms with van der Waals surface area (Å²) < 4.78 is 25.2. The van der Waals surface area contributed by atoms with Gasteiger partial charge in [0.2, 0.25) is 0 Å². The third-order valence-electron chi connectivity index (χ3n) is 4.34. The summed E-state index contributed by atoms with van der Waals surface area (Å²) >= 11 is 5.95. The van der Waals surface area contributed by atoms with E-state index in [4.69, 9.17) is 11.6 Å². The van der Waals surface area contributed by atoms with Crippen LogP contribution in [-0.4, -0.2) is 40.3 Å². The molecule has 2 N–H and O–H groups in total. The Morgan fingerprint density at radius 2 is 1.97 bits per heavy atom. The SMILES string of the molecule is CS(=O)(=O)c1cc(C(=O)Nc2ccccc2-n2ncc3c(=O)[nH]cnc32)ccc1Cl. The molecular formula is C19H14ClN5O4S. The van der Waals surface area contributed by atoms with Gasteiger partial charge in [-0.3, -0.25) is 9.59 Å². The molecule has 0 saturated heterocycles. The molecule has 0 unspecified atom stereocenters. The lowest BCUT2D eigenvalue weighted by atomic mass is 10.2. The van der Waals surface area contributed by atoms with Crippen molar-refractivity contribution in [2.75, 3.05) is 11.6 Å². The first kappa shape index (κ1) is 19.8. The third-order valence-corrected chi connectivity index (χ3v) is 5.92. The number of sulfone groups is 1. The average molecular weight is 444 g/mol. The van der Waals surface area contributed by atoms with Gasteiger partial charge >= 0.3 is 0 Å². The lowest BCUT2D eigenvalue weighted by Gasteiger charge is -2.12. The predicted octanol–water partition coefficient (Wildman–Crippen LogP) is 2.42. The summed E-state index contributed by atoms with van der Waals surface area (Å²) in [6.07, 6.45) is 3.67. The number of nitrogens with one attached hydrogen (secondary N) is 2. The van der Waals surface area contributed by atoms with Crippen molar-refractivity contribution in [3.8, 4) is 5.69 Å². The molecule has 9 nitrogen and oxygen atoms in total. The van der Waals surface area contributed by atoms with Crippen LogP contribution in [0.25, 0.3) is 16.7 Å². The number of hydrogen-bond acceptors (Lipinski definition) is 6. The Kier molecular flexibility index (Phi) is 4.88. The minimum Gasteiger partial charge on any atom is -0.320 e. The van der Waals surface area contributed by atoms with Crippen molar-refractivity contribution in [2.24, 2.45) is 0 Å². The maximum atomic E-state index is 12.8. The van der Waals surface area contributed by atoms with Gasteiger partial charge in [-0.05, 0) is 30.3 Å². The summed E-state index contributed by atoms with van der Waals surface area (Å²) in [4.78, 5) is 31.2. The van der Waals surface area contributed by atoms with Crippen molar-refractivity contribution in [3.63, 3.8) is 0 Å². The fraction of sp³-hybridized carbons (Fsp3) is 0.0526. The van der Waals surface area contributed by atoms with E-state index in [1.165, 1.54) is 35.4 Å². The van der Waals surface area contributed by atoms with Crippen molar-refractivity contribution in [3.05, 3.63) is 75.9 Å². The number of amides is 1. The van der Waals surface area contributed by atoms with Gasteiger partial charge in [0.25, 0.3) is 11.5 Å². The molecule has 0 saturated carbocycles. The quantitative estimate of drug-likeness (QED) is 0.498. The van der Waals surface area contributed by atoms with Crippen molar-refractivity contribution in [1.29, 1.82) is 0 Å². The number of benzene rings is 2. The Bertz CT molecular complexity index is 1460. The molecule has 2 aromatic carbocycles. The van der Waals surface area contributed by atoms with Gasteiger partial charge in [-0.2, -0.15) is 5.10 Å². The Morgan fingerprint density at radius 3 is 2.73 bits per heavy atom. The number of halogens is 1. The Hall–Kier alpha value is -3.50. The minimum absolute atomic E-state index is 0.0359. The molecule has 4 aromatic rings. The van der Waals surface area contributed by atoms with Gasteiger partial charge in [0.1, 0.15) is 5.39 Å². The molecule has 1 amide bonds. The second-order valence-corrected chi connectivity index (χ2v) is 8.81. The maximum absolute atomic E-state index is 12.8. The maximum Gasteiger partial charge on any atom is 0.261 e. The number of carbonyl (C=O) groups is 1. The van der Waals surface area contributed by atoms with Gasteiger partial charge < -0.3 is 10.3 Å². The highest BCUT2D eigenvalue weighted by atomic mass is 35.5. The number of fused-ring (bicyclic) bond motifs is 1. The van der Waals surface area contributed by atoms with E-state index in [0.29, 0.717) is 22.4 Å². The van der Waals surface area contributed by atoms with Gasteiger partial charge in [-0.15, -0.1) is 0 Å². The summed E-state index contributed by atoms with van der Waals surface area (Å²) in [7, 11) is -3.60. The number of nitrogens with zero attached hydrogens (tertiary/aromatic N) is 3. The van der Waals surface area contributed by atoms with Crippen LogP contribution in [0.1, 0.15) is 10.4 Å². The number of hydrogen-bond donors (Lipinski definition) is 2. The molecule has 0 atom stereocenters. The normalized spacial score (nSPS) is 11.5. The van der Waals surface area contributed by atoms with Crippen molar-refractivity contribution >= 4 is 44.1 Å². The second-order valence-electron chi connectivity index (χ2n) is 6.41. The minimum atomic E-state index is -3.60. The summed E-state index contributed by atoms with van der Waals surface area (Å²) in [6, 6.07) is 10.8. The molecule has 0 aliphatic carbocycles. The van der Waals surface area contributed by atoms with Crippen LogP contribution in [0.4, 0.5) is 5.69 Å². The van der Waals surface area contributed by atoms with Gasteiger partial charge in [0.05, 0.1) is 33.8 Å². The molecule has 0 spiro atoms. The van der Waals surface area contributed by atoms with E-state index in [2.05, 4.69) is 20.4 Å². The molecule has 30 heavy (non-hydrogen) atoms. The van der Waals surface area contributed by atoms with E-state index in [0.717, 1.165) is 6.26 Å². The fourth-order valence-corrected chi connectivity index (χ4v) is 4.22. The summed E-state index contributed by atoms with van der Waals surface area (Å²) in [5.74, 6) is -0.536. The highest BCUT2D eigenvalue weighted by Gasteiger charge is 2.18. The first-order chi connectivity index (χ1) is 14.3. The van der Waals surface area contributed by atoms with Crippen LogP contribution in [-0.2, 0) is 9.84 Å². The number of carbonyl (C=O) groups excluding carboxylic acids is 1. The van der Waals surface area contributed by atoms with E-state index >= 15 is 0 Å². The molecule has 0 fully saturated rings. The number of para-hydroxylation sites is 2. The molecule has 152 valence electrons. The number of aromatic amines is 1. The van der Waals surface area contributed by atoms with Crippen LogP contribution < -0.4 is 10.9 Å². The van der Waals surface area contributed by atoms with E-state index in [-0.39, 0.29) is 21.0 Å². The molecule has 0 radical (unpaired) electrons. The zero-order chi connectivity index (χ0) is 21.5. The van der Waals surface area contributed by atoms with Gasteiger partial charge in [0, 0.05) is 11.8 Å². The Balaban J connectivity index is 1.75. The van der Waals surface area contributed by atoms with E-state index in [1.54, 1.807) is 24.3 Å². The van der Waals surface area contributed by atoms with E-state index in [1.807, 2.05) is 0 Å². The number of aromatic nitrogens is 4. The largest absolute Gasteiger partial charge is 0.320 e. The Morgan fingerprint density at radius 1 is 1.20 bits per heavy atom. The van der Waals surface area contributed by atoms with Gasteiger partial charge in [-0.25, -0.2) is 18.1 Å². The van der Waals surface area contributed by atoms with E-state index < -0.39 is 15.7 Å². The fourth-order valence-electron chi connectivity index (χ4n) is 2.92. The smallest absolute Gasteiger partial charge is 0.261 e. The molecule has 4 rings (SSSR count). The van der Waals surface area contributed by atoms with Crippen molar-refractivity contribution in [2.45, 2.75) is 4.90 Å². The molecule has 0 aliphatic heterocycles. The van der Waals surface area contributed by atoms with Crippen molar-refractivity contribution in [1.82, 2.24) is 19.7 Å². The monoisotopic (exact) mass is 443 g/mol. The average Bonchev–Trinajstić information content (AvgIpc) is 3.13. The van der Waals surface area contributed by atoms with Crippen molar-refractivity contribution < 1.29 is 13.2 Å². The lowest BCUT2D eigenvalue weighted by Crippen LogP contribution is -2.15. The predicted molar refractivity (Wildman–Crippen MR) is 112 cm³/mol. The molecule has 11 heteroatoms. The number of H-pyrrole nitrogens is 1.